The lowest BCUT2D eigenvalue weighted by molar-refractivity contribution is -0.138. The topological polar surface area (TPSA) is 49.3 Å². The van der Waals surface area contributed by atoms with Crippen LogP contribution in [0.3, 0.4) is 0 Å². The van der Waals surface area contributed by atoms with E-state index in [1.807, 2.05) is 37.3 Å². The van der Waals surface area contributed by atoms with Gasteiger partial charge in [0.25, 0.3) is 0 Å². The van der Waals surface area contributed by atoms with Crippen LogP contribution in [-0.2, 0) is 4.79 Å². The number of carboxylic acids is 1. The van der Waals surface area contributed by atoms with Gasteiger partial charge in [0.2, 0.25) is 0 Å². The number of nitrogens with one attached hydrogen (secondary N) is 1. The van der Waals surface area contributed by atoms with Crippen LogP contribution in [0.5, 0.6) is 0 Å². The van der Waals surface area contributed by atoms with Crippen molar-refractivity contribution in [2.24, 2.45) is 0 Å². The van der Waals surface area contributed by atoms with Gasteiger partial charge in [0.1, 0.15) is 5.82 Å². The highest BCUT2D eigenvalue weighted by molar-refractivity contribution is 5.76. The smallest absolute Gasteiger partial charge is 0.312 e. The Morgan fingerprint density at radius 1 is 1.10 bits per heavy atom. The Balaban J connectivity index is 2.02. The van der Waals surface area contributed by atoms with Crippen LogP contribution in [0.4, 0.5) is 4.39 Å². The van der Waals surface area contributed by atoms with Gasteiger partial charge in [-0.05, 0) is 30.2 Å². The molecule has 0 heterocycles. The second kappa shape index (κ2) is 6.99. The van der Waals surface area contributed by atoms with Crippen molar-refractivity contribution in [3.05, 3.63) is 71.5 Å². The van der Waals surface area contributed by atoms with Crippen molar-refractivity contribution >= 4 is 5.97 Å². The number of carboxylic acid groups (broad SMARTS) is 1. The molecule has 2 aromatic rings. The number of hydrogen-bond acceptors (Lipinski definition) is 2. The lowest BCUT2D eigenvalue weighted by atomic mass is 9.98. The third-order valence-corrected chi connectivity index (χ3v) is 3.50. The maximum atomic E-state index is 12.9. The monoisotopic (exact) mass is 287 g/mol. The van der Waals surface area contributed by atoms with Crippen LogP contribution in [0.1, 0.15) is 30.0 Å². The molecule has 0 spiro atoms. The van der Waals surface area contributed by atoms with Crippen molar-refractivity contribution in [3.8, 4) is 0 Å². The minimum Gasteiger partial charge on any atom is -0.481 e. The molecule has 0 saturated heterocycles. The molecule has 0 aliphatic heterocycles. The fraction of sp³-hybridized carbons (Fsp3) is 0.235. The second-order valence-electron chi connectivity index (χ2n) is 4.98. The molecule has 21 heavy (non-hydrogen) atoms. The molecular weight excluding hydrogens is 269 g/mol. The lowest BCUT2D eigenvalue weighted by Gasteiger charge is -2.18. The number of benzene rings is 2. The number of hydrogen-bond donors (Lipinski definition) is 2. The minimum atomic E-state index is -0.861. The first-order chi connectivity index (χ1) is 10.1. The first-order valence-electron chi connectivity index (χ1n) is 6.84. The van der Waals surface area contributed by atoms with E-state index in [0.717, 1.165) is 11.1 Å². The molecule has 0 radical (unpaired) electrons. The zero-order chi connectivity index (χ0) is 15.2. The average Bonchev–Trinajstić information content (AvgIpc) is 2.48. The summed E-state index contributed by atoms with van der Waals surface area (Å²) >= 11 is 0. The van der Waals surface area contributed by atoms with E-state index in [4.69, 9.17) is 0 Å². The van der Waals surface area contributed by atoms with Crippen molar-refractivity contribution in [3.63, 3.8) is 0 Å². The van der Waals surface area contributed by atoms with Gasteiger partial charge in [0, 0.05) is 12.6 Å². The maximum Gasteiger partial charge on any atom is 0.312 e. The van der Waals surface area contributed by atoms with Crippen LogP contribution >= 0.6 is 0 Å². The summed E-state index contributed by atoms with van der Waals surface area (Å²) in [6, 6.07) is 15.3. The minimum absolute atomic E-state index is 0.0452. The summed E-state index contributed by atoms with van der Waals surface area (Å²) in [5, 5.41) is 12.6. The number of rotatable bonds is 6. The normalized spacial score (nSPS) is 13.6. The molecule has 0 aliphatic carbocycles. The Labute approximate surface area is 123 Å². The van der Waals surface area contributed by atoms with E-state index in [-0.39, 0.29) is 11.9 Å². The van der Waals surface area contributed by atoms with Crippen molar-refractivity contribution in [2.75, 3.05) is 6.54 Å². The highest BCUT2D eigenvalue weighted by Gasteiger charge is 2.20. The Kier molecular flexibility index (Phi) is 5.06. The number of carbonyl (C=O) groups is 1. The molecule has 2 aromatic carbocycles. The first-order valence-corrected chi connectivity index (χ1v) is 6.84. The molecule has 1 unspecified atom stereocenters. The second-order valence-corrected chi connectivity index (χ2v) is 4.98. The van der Waals surface area contributed by atoms with Crippen molar-refractivity contribution in [2.45, 2.75) is 18.9 Å². The third-order valence-electron chi connectivity index (χ3n) is 3.50. The maximum absolute atomic E-state index is 12.9. The molecule has 110 valence electrons. The Bertz CT molecular complexity index is 583. The van der Waals surface area contributed by atoms with E-state index in [1.54, 1.807) is 12.1 Å². The van der Waals surface area contributed by atoms with Crippen LogP contribution in [0.25, 0.3) is 0 Å². The van der Waals surface area contributed by atoms with Crippen LogP contribution < -0.4 is 5.32 Å². The van der Waals surface area contributed by atoms with Gasteiger partial charge in [0.05, 0.1) is 5.92 Å². The molecule has 0 saturated carbocycles. The largest absolute Gasteiger partial charge is 0.481 e. The SMILES string of the molecule is C[C@@H](NCC(C(=O)O)c1ccccc1)c1ccc(F)cc1. The molecule has 0 bridgehead atoms. The van der Waals surface area contributed by atoms with Crippen LogP contribution in [-0.4, -0.2) is 17.6 Å². The van der Waals surface area contributed by atoms with Crippen molar-refractivity contribution in [1.29, 1.82) is 0 Å². The van der Waals surface area contributed by atoms with Crippen molar-refractivity contribution < 1.29 is 14.3 Å². The molecule has 2 rings (SSSR count). The predicted molar refractivity (Wildman–Crippen MR) is 79.6 cm³/mol. The third kappa shape index (κ3) is 4.13. The van der Waals surface area contributed by atoms with Gasteiger partial charge in [-0.1, -0.05) is 42.5 Å². The zero-order valence-electron chi connectivity index (χ0n) is 11.8. The molecule has 2 N–H and O–H groups in total. The van der Waals surface area contributed by atoms with Gasteiger partial charge >= 0.3 is 5.97 Å². The van der Waals surface area contributed by atoms with Gasteiger partial charge in [-0.25, -0.2) is 4.39 Å². The van der Waals surface area contributed by atoms with Crippen molar-refractivity contribution in [1.82, 2.24) is 5.32 Å². The van der Waals surface area contributed by atoms with E-state index in [2.05, 4.69) is 5.32 Å². The lowest BCUT2D eigenvalue weighted by Crippen LogP contribution is -2.29. The number of halogens is 1. The highest BCUT2D eigenvalue weighted by Crippen LogP contribution is 2.18. The van der Waals surface area contributed by atoms with E-state index in [0.29, 0.717) is 6.54 Å². The molecule has 4 heteroatoms. The fourth-order valence-electron chi connectivity index (χ4n) is 2.20. The standard InChI is InChI=1S/C17H18FNO2/c1-12(13-7-9-15(18)10-8-13)19-11-16(17(20)21)14-5-3-2-4-6-14/h2-10,12,16,19H,11H2,1H3,(H,20,21)/t12-,16?/m1/s1. The van der Waals surface area contributed by atoms with E-state index in [1.165, 1.54) is 12.1 Å². The summed E-state index contributed by atoms with van der Waals surface area (Å²) < 4.78 is 12.9. The Morgan fingerprint density at radius 2 is 1.71 bits per heavy atom. The van der Waals surface area contributed by atoms with Crippen LogP contribution in [0.15, 0.2) is 54.6 Å². The summed E-state index contributed by atoms with van der Waals surface area (Å²) in [4.78, 5) is 11.4. The Hall–Kier alpha value is -2.20. The highest BCUT2D eigenvalue weighted by atomic mass is 19.1. The molecule has 0 aliphatic rings. The first kappa shape index (κ1) is 15.2. The van der Waals surface area contributed by atoms with Crippen LogP contribution in [0, 0.1) is 5.82 Å². The predicted octanol–water partition coefficient (Wildman–Crippen LogP) is 3.34. The quantitative estimate of drug-likeness (QED) is 0.856. The Morgan fingerprint density at radius 3 is 2.29 bits per heavy atom. The van der Waals surface area contributed by atoms with Gasteiger partial charge in [0.15, 0.2) is 0 Å². The average molecular weight is 287 g/mol. The molecule has 0 fully saturated rings. The molecule has 2 atom stereocenters. The van der Waals surface area contributed by atoms with Gasteiger partial charge < -0.3 is 10.4 Å². The fourth-order valence-corrected chi connectivity index (χ4v) is 2.20. The zero-order valence-corrected chi connectivity index (χ0v) is 11.8. The molecule has 0 aromatic heterocycles. The van der Waals surface area contributed by atoms with Gasteiger partial charge in [-0.15, -0.1) is 0 Å². The summed E-state index contributed by atoms with van der Waals surface area (Å²) in [6.45, 7) is 2.25. The number of aliphatic carboxylic acids is 1. The molecular formula is C17H18FNO2. The summed E-state index contributed by atoms with van der Waals surface area (Å²) in [7, 11) is 0. The summed E-state index contributed by atoms with van der Waals surface area (Å²) in [6.07, 6.45) is 0. The summed E-state index contributed by atoms with van der Waals surface area (Å²) in [5.74, 6) is -1.74. The van der Waals surface area contributed by atoms with Crippen LogP contribution in [0.2, 0.25) is 0 Å². The van der Waals surface area contributed by atoms with E-state index in [9.17, 15) is 14.3 Å². The van der Waals surface area contributed by atoms with Gasteiger partial charge in [-0.2, -0.15) is 0 Å². The van der Waals surface area contributed by atoms with Gasteiger partial charge in [-0.3, -0.25) is 4.79 Å². The van der Waals surface area contributed by atoms with E-state index < -0.39 is 11.9 Å². The molecule has 0 amide bonds. The molecule has 3 nitrogen and oxygen atoms in total. The van der Waals surface area contributed by atoms with E-state index >= 15 is 0 Å². The summed E-state index contributed by atoms with van der Waals surface area (Å²) in [5.41, 5.74) is 1.69.